The molecule has 1 amide bonds. The lowest BCUT2D eigenvalue weighted by Crippen LogP contribution is -2.39. The maximum Gasteiger partial charge on any atom is 0.286 e. The van der Waals surface area contributed by atoms with E-state index in [9.17, 15) is 14.3 Å². The van der Waals surface area contributed by atoms with Crippen LogP contribution >= 0.6 is 0 Å². The topological polar surface area (TPSA) is 67.8 Å². The van der Waals surface area contributed by atoms with Crippen molar-refractivity contribution in [1.82, 2.24) is 5.32 Å². The molecule has 2 aromatic rings. The molecule has 0 aliphatic carbocycles. The van der Waals surface area contributed by atoms with Crippen LogP contribution in [0.2, 0.25) is 0 Å². The lowest BCUT2D eigenvalue weighted by Gasteiger charge is -2.37. The monoisotopic (exact) mass is 413 g/mol. The minimum Gasteiger partial charge on any atom is -0.459 e. The molecule has 0 unspecified atom stereocenters. The summed E-state index contributed by atoms with van der Waals surface area (Å²) in [5.74, 6) is -0.743. The lowest BCUT2D eigenvalue weighted by atomic mass is 9.80. The van der Waals surface area contributed by atoms with Gasteiger partial charge in [-0.15, -0.1) is 0 Å². The average molecular weight is 413 g/mol. The zero-order valence-corrected chi connectivity index (χ0v) is 17.1. The number of aliphatic hydroxyl groups excluding tert-OH is 1. The quantitative estimate of drug-likeness (QED) is 0.655. The molecule has 0 saturated heterocycles. The van der Waals surface area contributed by atoms with Gasteiger partial charge in [-0.05, 0) is 49.1 Å². The highest BCUT2D eigenvalue weighted by molar-refractivity contribution is 5.91. The highest BCUT2D eigenvalue weighted by Crippen LogP contribution is 2.39. The van der Waals surface area contributed by atoms with Gasteiger partial charge in [0.1, 0.15) is 5.82 Å². The predicted octanol–water partition coefficient (Wildman–Crippen LogP) is 3.89. The average Bonchev–Trinajstić information content (AvgIpc) is 2.77. The van der Waals surface area contributed by atoms with Crippen LogP contribution in [0.15, 0.2) is 66.4 Å². The van der Waals surface area contributed by atoms with E-state index in [1.165, 1.54) is 12.1 Å². The number of ether oxygens (including phenoxy) is 2. The molecule has 0 radical (unpaired) electrons. The second-order valence-corrected chi connectivity index (χ2v) is 7.25. The molecule has 2 aromatic carbocycles. The summed E-state index contributed by atoms with van der Waals surface area (Å²) < 4.78 is 25.2. The van der Waals surface area contributed by atoms with Gasteiger partial charge in [-0.3, -0.25) is 4.79 Å². The van der Waals surface area contributed by atoms with Crippen molar-refractivity contribution in [3.63, 3.8) is 0 Å². The number of hydrogen-bond acceptors (Lipinski definition) is 4. The molecular weight excluding hydrogens is 385 g/mol. The largest absolute Gasteiger partial charge is 0.459 e. The summed E-state index contributed by atoms with van der Waals surface area (Å²) in [6.45, 7) is 2.73. The normalized spacial score (nSPS) is 20.9. The SMILES string of the molecule is CCO[C@H]1OC(C(=O)NCc2ccccc2)=C[C@@H](c2ccc(F)cc2)[C@H]1CCCO. The van der Waals surface area contributed by atoms with Crippen LogP contribution in [0.1, 0.15) is 36.8 Å². The predicted molar refractivity (Wildman–Crippen MR) is 112 cm³/mol. The van der Waals surface area contributed by atoms with Crippen LogP contribution in [0.25, 0.3) is 0 Å². The summed E-state index contributed by atoms with van der Waals surface area (Å²) in [4.78, 5) is 12.8. The first-order valence-corrected chi connectivity index (χ1v) is 10.3. The summed E-state index contributed by atoms with van der Waals surface area (Å²) in [5.41, 5.74) is 1.86. The van der Waals surface area contributed by atoms with E-state index < -0.39 is 6.29 Å². The third kappa shape index (κ3) is 5.68. The number of carbonyl (C=O) groups is 1. The second kappa shape index (κ2) is 10.9. The van der Waals surface area contributed by atoms with Gasteiger partial charge in [0.05, 0.1) is 0 Å². The van der Waals surface area contributed by atoms with Crippen LogP contribution in [-0.4, -0.2) is 30.5 Å². The smallest absolute Gasteiger partial charge is 0.286 e. The van der Waals surface area contributed by atoms with Gasteiger partial charge in [-0.2, -0.15) is 0 Å². The lowest BCUT2D eigenvalue weighted by molar-refractivity contribution is -0.166. The number of amides is 1. The molecule has 3 rings (SSSR count). The van der Waals surface area contributed by atoms with Crippen molar-refractivity contribution in [2.45, 2.75) is 38.5 Å². The van der Waals surface area contributed by atoms with Gasteiger partial charge >= 0.3 is 0 Å². The number of benzene rings is 2. The van der Waals surface area contributed by atoms with E-state index >= 15 is 0 Å². The Labute approximate surface area is 176 Å². The van der Waals surface area contributed by atoms with Crippen molar-refractivity contribution in [3.8, 4) is 0 Å². The third-order valence-corrected chi connectivity index (χ3v) is 5.19. The Hall–Kier alpha value is -2.70. The van der Waals surface area contributed by atoms with Gasteiger partial charge in [0.15, 0.2) is 5.76 Å². The molecule has 1 heterocycles. The van der Waals surface area contributed by atoms with Crippen molar-refractivity contribution in [2.24, 2.45) is 5.92 Å². The molecule has 160 valence electrons. The summed E-state index contributed by atoms with van der Waals surface area (Å²) >= 11 is 0. The van der Waals surface area contributed by atoms with Crippen LogP contribution in [0.5, 0.6) is 0 Å². The summed E-state index contributed by atoms with van der Waals surface area (Å²) in [6, 6.07) is 15.9. The number of carbonyl (C=O) groups excluding carboxylic acids is 1. The fourth-order valence-electron chi connectivity index (χ4n) is 3.70. The van der Waals surface area contributed by atoms with E-state index in [1.807, 2.05) is 37.3 Å². The van der Waals surface area contributed by atoms with Gasteiger partial charge in [-0.1, -0.05) is 42.5 Å². The van der Waals surface area contributed by atoms with Gasteiger partial charge in [0.2, 0.25) is 6.29 Å². The van der Waals surface area contributed by atoms with Crippen molar-refractivity contribution in [3.05, 3.63) is 83.4 Å². The fourth-order valence-corrected chi connectivity index (χ4v) is 3.70. The van der Waals surface area contributed by atoms with Gasteiger partial charge in [0, 0.05) is 31.6 Å². The first-order chi connectivity index (χ1) is 14.6. The maximum atomic E-state index is 13.5. The van der Waals surface area contributed by atoms with E-state index in [2.05, 4.69) is 5.32 Å². The molecule has 0 aromatic heterocycles. The number of aliphatic hydroxyl groups is 1. The summed E-state index contributed by atoms with van der Waals surface area (Å²) in [7, 11) is 0. The highest BCUT2D eigenvalue weighted by atomic mass is 19.1. The highest BCUT2D eigenvalue weighted by Gasteiger charge is 2.37. The molecule has 6 heteroatoms. The van der Waals surface area contributed by atoms with Gasteiger partial charge < -0.3 is 19.9 Å². The standard InChI is InChI=1S/C24H28FNO4/c1-2-29-24-20(9-6-14-27)21(18-10-12-19(25)13-11-18)15-22(30-24)23(28)26-16-17-7-4-3-5-8-17/h3-5,7-8,10-13,15,20-21,24,27H,2,6,9,14,16H2,1H3,(H,26,28)/t20-,21+,24+/m1/s1. The van der Waals surface area contributed by atoms with Crippen molar-refractivity contribution in [2.75, 3.05) is 13.2 Å². The Bertz CT molecular complexity index is 838. The van der Waals surface area contributed by atoms with E-state index in [-0.39, 0.29) is 35.9 Å². The minimum atomic E-state index is -0.626. The minimum absolute atomic E-state index is 0.0552. The maximum absolute atomic E-state index is 13.5. The van der Waals surface area contributed by atoms with Crippen LogP contribution in [0.3, 0.4) is 0 Å². The Balaban J connectivity index is 1.85. The summed E-state index contributed by atoms with van der Waals surface area (Å²) in [6.07, 6.45) is 2.39. The molecule has 0 saturated carbocycles. The Morgan fingerprint density at radius 2 is 1.90 bits per heavy atom. The molecule has 1 aliphatic rings. The second-order valence-electron chi connectivity index (χ2n) is 7.25. The molecule has 3 atom stereocenters. The van der Waals surface area contributed by atoms with E-state index in [0.29, 0.717) is 26.0 Å². The fraction of sp³-hybridized carbons (Fsp3) is 0.375. The zero-order chi connectivity index (χ0) is 21.3. The molecular formula is C24H28FNO4. The van der Waals surface area contributed by atoms with Crippen LogP contribution in [0.4, 0.5) is 4.39 Å². The van der Waals surface area contributed by atoms with E-state index in [0.717, 1.165) is 11.1 Å². The number of nitrogens with one attached hydrogen (secondary N) is 1. The number of hydrogen-bond donors (Lipinski definition) is 2. The number of rotatable bonds is 9. The Kier molecular flexibility index (Phi) is 7.99. The third-order valence-electron chi connectivity index (χ3n) is 5.19. The molecule has 0 fully saturated rings. The molecule has 30 heavy (non-hydrogen) atoms. The van der Waals surface area contributed by atoms with E-state index in [1.54, 1.807) is 18.2 Å². The van der Waals surface area contributed by atoms with Gasteiger partial charge in [0.25, 0.3) is 5.91 Å². The van der Waals surface area contributed by atoms with E-state index in [4.69, 9.17) is 9.47 Å². The molecule has 0 spiro atoms. The number of allylic oxidation sites excluding steroid dienone is 1. The Morgan fingerprint density at radius 3 is 2.57 bits per heavy atom. The molecule has 5 nitrogen and oxygen atoms in total. The van der Waals surface area contributed by atoms with Gasteiger partial charge in [-0.25, -0.2) is 4.39 Å². The molecule has 2 N–H and O–H groups in total. The van der Waals surface area contributed by atoms with Crippen LogP contribution in [-0.2, 0) is 20.8 Å². The Morgan fingerprint density at radius 1 is 1.17 bits per heavy atom. The van der Waals surface area contributed by atoms with Crippen molar-refractivity contribution >= 4 is 5.91 Å². The zero-order valence-electron chi connectivity index (χ0n) is 17.1. The van der Waals surface area contributed by atoms with Crippen LogP contribution in [0, 0.1) is 11.7 Å². The molecule has 0 bridgehead atoms. The van der Waals surface area contributed by atoms with Crippen LogP contribution < -0.4 is 5.32 Å². The summed E-state index contributed by atoms with van der Waals surface area (Å²) in [5, 5.41) is 12.2. The molecule has 1 aliphatic heterocycles. The first-order valence-electron chi connectivity index (χ1n) is 10.3. The first kappa shape index (κ1) is 22.0. The van der Waals surface area contributed by atoms with Crippen molar-refractivity contribution in [1.29, 1.82) is 0 Å². The number of halogens is 1. The van der Waals surface area contributed by atoms with Crippen molar-refractivity contribution < 1.29 is 23.8 Å².